The molecule has 172 valence electrons. The molecule has 9 heteroatoms. The third-order valence-electron chi connectivity index (χ3n) is 5.46. The van der Waals surface area contributed by atoms with Crippen molar-refractivity contribution in [3.8, 4) is 0 Å². The second-order valence-corrected chi connectivity index (χ2v) is 8.27. The Morgan fingerprint density at radius 2 is 2.12 bits per heavy atom. The lowest BCUT2D eigenvalue weighted by atomic mass is 10.0. The number of likely N-dealkylation sites (tertiary alicyclic amines) is 1. The van der Waals surface area contributed by atoms with E-state index in [0.717, 1.165) is 23.8 Å². The summed E-state index contributed by atoms with van der Waals surface area (Å²) < 4.78 is 5.51. The predicted molar refractivity (Wildman–Crippen MR) is 127 cm³/mol. The molecule has 0 radical (unpaired) electrons. The van der Waals surface area contributed by atoms with E-state index in [1.807, 2.05) is 36.4 Å². The molecule has 0 aliphatic carbocycles. The molecular formula is C24H28N6O3. The first-order valence-electron chi connectivity index (χ1n) is 10.9. The average Bonchev–Trinajstić information content (AvgIpc) is 3.31. The summed E-state index contributed by atoms with van der Waals surface area (Å²) >= 11 is 0. The van der Waals surface area contributed by atoms with Crippen molar-refractivity contribution in [2.24, 2.45) is 4.99 Å². The molecule has 4 rings (SSSR count). The van der Waals surface area contributed by atoms with Gasteiger partial charge in [-0.2, -0.15) is 4.99 Å². The number of H-pyrrole nitrogens is 1. The van der Waals surface area contributed by atoms with Crippen molar-refractivity contribution in [1.29, 1.82) is 0 Å². The third kappa shape index (κ3) is 5.49. The number of hydrogen-bond acceptors (Lipinski definition) is 5. The lowest BCUT2D eigenvalue weighted by Crippen LogP contribution is -2.45. The molecule has 1 aliphatic heterocycles. The Hall–Kier alpha value is -3.88. The molecule has 1 atom stereocenters. The summed E-state index contributed by atoms with van der Waals surface area (Å²) in [5.41, 5.74) is 2.70. The molecule has 1 saturated heterocycles. The van der Waals surface area contributed by atoms with Gasteiger partial charge in [0.15, 0.2) is 0 Å². The molecule has 0 spiro atoms. The van der Waals surface area contributed by atoms with E-state index in [4.69, 9.17) is 4.74 Å². The van der Waals surface area contributed by atoms with Crippen LogP contribution in [0.3, 0.4) is 0 Å². The zero-order chi connectivity index (χ0) is 23.2. The molecule has 2 N–H and O–H groups in total. The summed E-state index contributed by atoms with van der Waals surface area (Å²) in [5.74, 6) is -0.378. The van der Waals surface area contributed by atoms with Crippen LogP contribution in [-0.4, -0.2) is 71.3 Å². The Balaban J connectivity index is 1.48. The number of carbonyl (C=O) groups excluding carboxylic acids is 2. The van der Waals surface area contributed by atoms with E-state index < -0.39 is 0 Å². The van der Waals surface area contributed by atoms with Crippen molar-refractivity contribution in [3.05, 3.63) is 59.9 Å². The minimum atomic E-state index is -0.378. The lowest BCUT2D eigenvalue weighted by Gasteiger charge is -2.33. The normalized spacial score (nSPS) is 16.2. The molecule has 33 heavy (non-hydrogen) atoms. The fourth-order valence-corrected chi connectivity index (χ4v) is 3.84. The molecule has 9 nitrogen and oxygen atoms in total. The summed E-state index contributed by atoms with van der Waals surface area (Å²) in [6.07, 6.45) is 6.16. The number of nitrogens with zero attached hydrogens (tertiary/aromatic N) is 4. The van der Waals surface area contributed by atoms with Crippen LogP contribution in [0.2, 0.25) is 0 Å². The van der Waals surface area contributed by atoms with E-state index in [2.05, 4.69) is 20.3 Å². The number of hydrogen-bond donors (Lipinski definition) is 2. The Kier molecular flexibility index (Phi) is 6.87. The van der Waals surface area contributed by atoms with Gasteiger partial charge in [0.25, 0.3) is 5.91 Å². The van der Waals surface area contributed by atoms with E-state index in [0.29, 0.717) is 30.0 Å². The maximum absolute atomic E-state index is 12.8. The number of piperidine rings is 1. The predicted octanol–water partition coefficient (Wildman–Crippen LogP) is 3.51. The van der Waals surface area contributed by atoms with Gasteiger partial charge < -0.3 is 24.8 Å². The van der Waals surface area contributed by atoms with E-state index in [9.17, 15) is 9.59 Å². The fraction of sp³-hybridized carbons (Fsp3) is 0.333. The number of benzene rings is 1. The van der Waals surface area contributed by atoms with Gasteiger partial charge in [0.2, 0.25) is 0 Å². The molecule has 3 aromatic rings. The summed E-state index contributed by atoms with van der Waals surface area (Å²) in [4.78, 5) is 40.3. The fourth-order valence-electron chi connectivity index (χ4n) is 3.84. The Bertz CT molecular complexity index is 1140. The van der Waals surface area contributed by atoms with Crippen LogP contribution < -0.4 is 5.32 Å². The van der Waals surface area contributed by atoms with Crippen molar-refractivity contribution in [2.45, 2.75) is 25.5 Å². The maximum atomic E-state index is 12.8. The molecular weight excluding hydrogens is 420 g/mol. The van der Waals surface area contributed by atoms with Gasteiger partial charge in [0, 0.05) is 51.0 Å². The summed E-state index contributed by atoms with van der Waals surface area (Å²) in [6.45, 7) is 1.36. The third-order valence-corrected chi connectivity index (χ3v) is 5.46. The van der Waals surface area contributed by atoms with Gasteiger partial charge in [-0.05, 0) is 24.5 Å². The van der Waals surface area contributed by atoms with Crippen molar-refractivity contribution in [1.82, 2.24) is 19.8 Å². The van der Waals surface area contributed by atoms with Crippen molar-refractivity contribution >= 4 is 35.1 Å². The number of amides is 2. The Morgan fingerprint density at radius 1 is 1.30 bits per heavy atom. The summed E-state index contributed by atoms with van der Waals surface area (Å²) in [6, 6.07) is 11.5. The minimum Gasteiger partial charge on any atom is -0.445 e. The van der Waals surface area contributed by atoms with Gasteiger partial charge in [-0.15, -0.1) is 0 Å². The van der Waals surface area contributed by atoms with Gasteiger partial charge in [-0.1, -0.05) is 30.3 Å². The monoisotopic (exact) mass is 448 g/mol. The highest BCUT2D eigenvalue weighted by Crippen LogP contribution is 2.28. The molecule has 0 saturated carbocycles. The number of aromatic amines is 1. The smallest absolute Gasteiger partial charge is 0.410 e. The van der Waals surface area contributed by atoms with Crippen LogP contribution >= 0.6 is 0 Å². The molecule has 1 aliphatic rings. The highest BCUT2D eigenvalue weighted by atomic mass is 16.6. The number of pyridine rings is 1. The van der Waals surface area contributed by atoms with Crippen LogP contribution in [0.4, 0.5) is 10.5 Å². The number of fused-ring (bicyclic) bond motifs is 1. The van der Waals surface area contributed by atoms with Crippen molar-refractivity contribution < 1.29 is 14.3 Å². The van der Waals surface area contributed by atoms with E-state index in [1.165, 1.54) is 12.5 Å². The first-order valence-corrected chi connectivity index (χ1v) is 10.9. The van der Waals surface area contributed by atoms with Crippen molar-refractivity contribution in [3.63, 3.8) is 0 Å². The quantitative estimate of drug-likeness (QED) is 0.442. The van der Waals surface area contributed by atoms with Crippen LogP contribution in [-0.2, 0) is 11.3 Å². The number of aliphatic imine (C=N–C) groups is 1. The standard InChI is InChI=1S/C24H28N6O3/c1-29(2)16-27-23(31)20-13-26-22-19(10-11-25-22)21(20)28-18-9-6-12-30(14-18)24(32)33-15-17-7-4-3-5-8-17/h3-5,7-8,10-11,13,16,18H,6,9,12,14-15H2,1-2H3,(H2,25,26,28)/b27-16+/t18-/m1/s1. The van der Waals surface area contributed by atoms with E-state index in [-0.39, 0.29) is 24.6 Å². The molecule has 0 unspecified atom stereocenters. The maximum Gasteiger partial charge on any atom is 0.410 e. The SMILES string of the molecule is CN(C)/C=N/C(=O)c1cnc2[nH]ccc2c1N[C@@H]1CCCN(C(=O)OCc2ccccc2)C1. The number of carbonyl (C=O) groups is 2. The second-order valence-electron chi connectivity index (χ2n) is 8.27. The van der Waals surface area contributed by atoms with Crippen LogP contribution in [0.25, 0.3) is 11.0 Å². The van der Waals surface area contributed by atoms with Gasteiger partial charge in [0.05, 0.1) is 17.6 Å². The number of anilines is 1. The zero-order valence-corrected chi connectivity index (χ0v) is 18.8. The van der Waals surface area contributed by atoms with E-state index in [1.54, 1.807) is 30.1 Å². The van der Waals surface area contributed by atoms with Gasteiger partial charge in [-0.25, -0.2) is 9.78 Å². The van der Waals surface area contributed by atoms with E-state index >= 15 is 0 Å². The Morgan fingerprint density at radius 3 is 2.91 bits per heavy atom. The number of nitrogens with one attached hydrogen (secondary N) is 2. The number of aromatic nitrogens is 2. The van der Waals surface area contributed by atoms with Gasteiger partial charge >= 0.3 is 6.09 Å². The zero-order valence-electron chi connectivity index (χ0n) is 18.8. The Labute approximate surface area is 192 Å². The summed E-state index contributed by atoms with van der Waals surface area (Å²) in [5, 5.41) is 4.30. The molecule has 1 fully saturated rings. The molecule has 2 aromatic heterocycles. The molecule has 1 aromatic carbocycles. The highest BCUT2D eigenvalue weighted by Gasteiger charge is 2.26. The highest BCUT2D eigenvalue weighted by molar-refractivity contribution is 6.08. The molecule has 3 heterocycles. The number of ether oxygens (including phenoxy) is 1. The number of rotatable bonds is 6. The van der Waals surface area contributed by atoms with Crippen LogP contribution in [0, 0.1) is 0 Å². The lowest BCUT2D eigenvalue weighted by molar-refractivity contribution is 0.0873. The van der Waals surface area contributed by atoms with Gasteiger partial charge in [-0.3, -0.25) is 4.79 Å². The van der Waals surface area contributed by atoms with Crippen LogP contribution in [0.5, 0.6) is 0 Å². The van der Waals surface area contributed by atoms with Gasteiger partial charge in [0.1, 0.15) is 12.3 Å². The van der Waals surface area contributed by atoms with Crippen molar-refractivity contribution in [2.75, 3.05) is 32.5 Å². The molecule has 2 amide bonds. The average molecular weight is 449 g/mol. The van der Waals surface area contributed by atoms with Crippen LogP contribution in [0.15, 0.2) is 53.8 Å². The van der Waals surface area contributed by atoms with Crippen LogP contribution in [0.1, 0.15) is 28.8 Å². The summed E-state index contributed by atoms with van der Waals surface area (Å²) in [7, 11) is 3.61. The largest absolute Gasteiger partial charge is 0.445 e. The topological polar surface area (TPSA) is 103 Å². The minimum absolute atomic E-state index is 0.0343. The molecule has 0 bridgehead atoms. The second kappa shape index (κ2) is 10.2. The first kappa shape index (κ1) is 22.3. The first-order chi connectivity index (χ1) is 16.0.